The second-order valence-electron chi connectivity index (χ2n) is 6.74. The number of guanidine groups is 1. The summed E-state index contributed by atoms with van der Waals surface area (Å²) in [6.45, 7) is 11.7. The Labute approximate surface area is 191 Å². The van der Waals surface area contributed by atoms with Gasteiger partial charge in [-0.15, -0.1) is 24.0 Å². The number of nitrogens with one attached hydrogen (secondary N) is 2. The Morgan fingerprint density at radius 1 is 1.25 bits per heavy atom. The third kappa shape index (κ3) is 7.83. The first-order valence-electron chi connectivity index (χ1n) is 9.84. The van der Waals surface area contributed by atoms with Crippen LogP contribution in [0.4, 0.5) is 0 Å². The standard InChI is InChI=1S/C20H33ClN4O2.HI/c1-5-25(6-2)9-7-8-15(3)24-20(22-4)23-14-16-12-17(21)19-18(13-16)26-10-11-27-19;/h12-13,15H,5-11,14H2,1-4H3,(H2,22,23,24);1H. The van der Waals surface area contributed by atoms with Crippen molar-refractivity contribution in [3.05, 3.63) is 22.7 Å². The maximum Gasteiger partial charge on any atom is 0.191 e. The lowest BCUT2D eigenvalue weighted by Crippen LogP contribution is -2.42. The molecule has 0 aromatic heterocycles. The van der Waals surface area contributed by atoms with Gasteiger partial charge in [0.15, 0.2) is 17.5 Å². The minimum Gasteiger partial charge on any atom is -0.486 e. The number of benzene rings is 1. The minimum atomic E-state index is 0. The third-order valence-electron chi connectivity index (χ3n) is 4.73. The normalized spacial score (nSPS) is 14.4. The summed E-state index contributed by atoms with van der Waals surface area (Å²) in [4.78, 5) is 6.77. The van der Waals surface area contributed by atoms with Gasteiger partial charge in [-0.3, -0.25) is 4.99 Å². The van der Waals surface area contributed by atoms with Crippen LogP contribution in [0.3, 0.4) is 0 Å². The molecule has 1 aliphatic heterocycles. The van der Waals surface area contributed by atoms with Crippen LogP contribution in [0.25, 0.3) is 0 Å². The van der Waals surface area contributed by atoms with Crippen molar-refractivity contribution in [3.63, 3.8) is 0 Å². The average molecular weight is 525 g/mol. The van der Waals surface area contributed by atoms with E-state index >= 15 is 0 Å². The number of ether oxygens (including phenoxy) is 2. The molecule has 0 spiro atoms. The lowest BCUT2D eigenvalue weighted by molar-refractivity contribution is 0.171. The second-order valence-corrected chi connectivity index (χ2v) is 7.15. The van der Waals surface area contributed by atoms with Crippen molar-refractivity contribution >= 4 is 41.5 Å². The summed E-state index contributed by atoms with van der Waals surface area (Å²) < 4.78 is 11.2. The van der Waals surface area contributed by atoms with E-state index in [9.17, 15) is 0 Å². The Hall–Kier alpha value is -0.930. The van der Waals surface area contributed by atoms with Gasteiger partial charge in [-0.2, -0.15) is 0 Å². The minimum absolute atomic E-state index is 0. The van der Waals surface area contributed by atoms with Gasteiger partial charge in [0.2, 0.25) is 0 Å². The predicted molar refractivity (Wildman–Crippen MR) is 128 cm³/mol. The summed E-state index contributed by atoms with van der Waals surface area (Å²) in [6, 6.07) is 4.23. The van der Waals surface area contributed by atoms with Crippen molar-refractivity contribution in [2.24, 2.45) is 4.99 Å². The Balaban J connectivity index is 0.00000392. The fraction of sp³-hybridized carbons (Fsp3) is 0.650. The van der Waals surface area contributed by atoms with Crippen molar-refractivity contribution in [2.45, 2.75) is 46.2 Å². The number of aliphatic imine (C=N–C) groups is 1. The molecule has 0 amide bonds. The molecule has 0 bridgehead atoms. The fourth-order valence-electron chi connectivity index (χ4n) is 3.11. The molecule has 0 saturated heterocycles. The van der Waals surface area contributed by atoms with Gasteiger partial charge in [0, 0.05) is 19.6 Å². The molecule has 1 heterocycles. The third-order valence-corrected chi connectivity index (χ3v) is 5.01. The lowest BCUT2D eigenvalue weighted by Gasteiger charge is -2.22. The van der Waals surface area contributed by atoms with E-state index < -0.39 is 0 Å². The first-order valence-corrected chi connectivity index (χ1v) is 10.2. The molecule has 8 heteroatoms. The predicted octanol–water partition coefficient (Wildman–Crippen LogP) is 3.90. The largest absolute Gasteiger partial charge is 0.486 e. The molecule has 1 aromatic carbocycles. The maximum atomic E-state index is 6.30. The molecule has 2 N–H and O–H groups in total. The van der Waals surface area contributed by atoms with Gasteiger partial charge in [-0.1, -0.05) is 25.4 Å². The summed E-state index contributed by atoms with van der Waals surface area (Å²) in [7, 11) is 1.79. The van der Waals surface area contributed by atoms with Gasteiger partial charge < -0.3 is 25.0 Å². The summed E-state index contributed by atoms with van der Waals surface area (Å²) in [5.41, 5.74) is 1.03. The number of nitrogens with zero attached hydrogens (tertiary/aromatic N) is 2. The Kier molecular flexibility index (Phi) is 11.9. The van der Waals surface area contributed by atoms with Gasteiger partial charge in [0.1, 0.15) is 13.2 Å². The van der Waals surface area contributed by atoms with E-state index in [1.165, 1.54) is 6.42 Å². The molecule has 6 nitrogen and oxygen atoms in total. The molecule has 28 heavy (non-hydrogen) atoms. The van der Waals surface area contributed by atoms with Crippen molar-refractivity contribution < 1.29 is 9.47 Å². The number of hydrogen-bond acceptors (Lipinski definition) is 4. The highest BCUT2D eigenvalue weighted by Gasteiger charge is 2.16. The molecule has 0 aliphatic carbocycles. The van der Waals surface area contributed by atoms with Crippen LogP contribution in [-0.2, 0) is 6.54 Å². The van der Waals surface area contributed by atoms with Crippen LogP contribution in [0.15, 0.2) is 17.1 Å². The van der Waals surface area contributed by atoms with Crippen LogP contribution in [0.1, 0.15) is 39.2 Å². The summed E-state index contributed by atoms with van der Waals surface area (Å²) in [5.74, 6) is 2.13. The topological polar surface area (TPSA) is 58.1 Å². The smallest absolute Gasteiger partial charge is 0.191 e. The van der Waals surface area contributed by atoms with Crippen molar-refractivity contribution in [1.29, 1.82) is 0 Å². The van der Waals surface area contributed by atoms with E-state index in [1.807, 2.05) is 12.1 Å². The van der Waals surface area contributed by atoms with E-state index in [2.05, 4.69) is 41.3 Å². The first kappa shape index (κ1) is 25.1. The molecule has 2 rings (SSSR count). The van der Waals surface area contributed by atoms with Crippen LogP contribution < -0.4 is 20.1 Å². The number of halogens is 2. The average Bonchev–Trinajstić information content (AvgIpc) is 2.68. The molecule has 1 unspecified atom stereocenters. The van der Waals surface area contributed by atoms with Crippen molar-refractivity contribution in [1.82, 2.24) is 15.5 Å². The van der Waals surface area contributed by atoms with Gasteiger partial charge in [0.05, 0.1) is 5.02 Å². The second kappa shape index (κ2) is 13.3. The molecule has 0 saturated carbocycles. The van der Waals surface area contributed by atoms with Crippen LogP contribution in [0.5, 0.6) is 11.5 Å². The zero-order chi connectivity index (χ0) is 19.6. The SMILES string of the molecule is CCN(CC)CCCC(C)NC(=NC)NCc1cc(Cl)c2c(c1)OCCO2.I. The lowest BCUT2D eigenvalue weighted by atomic mass is 10.1. The zero-order valence-electron chi connectivity index (χ0n) is 17.4. The Bertz CT molecular complexity index is 626. The molecule has 1 aliphatic rings. The van der Waals surface area contributed by atoms with E-state index in [4.69, 9.17) is 21.1 Å². The number of hydrogen-bond donors (Lipinski definition) is 2. The van der Waals surface area contributed by atoms with Gasteiger partial charge in [0.25, 0.3) is 0 Å². The first-order chi connectivity index (χ1) is 13.1. The highest BCUT2D eigenvalue weighted by molar-refractivity contribution is 14.0. The molecule has 0 fully saturated rings. The fourth-order valence-corrected chi connectivity index (χ4v) is 3.40. The number of fused-ring (bicyclic) bond motifs is 1. The van der Waals surface area contributed by atoms with Gasteiger partial charge >= 0.3 is 0 Å². The molecule has 1 aromatic rings. The van der Waals surface area contributed by atoms with Gasteiger partial charge in [-0.25, -0.2) is 0 Å². The number of rotatable bonds is 9. The molecule has 0 radical (unpaired) electrons. The van der Waals surface area contributed by atoms with Gasteiger partial charge in [-0.05, 0) is 57.1 Å². The maximum absolute atomic E-state index is 6.30. The highest BCUT2D eigenvalue weighted by atomic mass is 127. The monoisotopic (exact) mass is 524 g/mol. The quantitative estimate of drug-likeness (QED) is 0.291. The van der Waals surface area contributed by atoms with E-state index in [1.54, 1.807) is 7.05 Å². The highest BCUT2D eigenvalue weighted by Crippen LogP contribution is 2.38. The summed E-state index contributed by atoms with van der Waals surface area (Å²) >= 11 is 6.30. The molecule has 1 atom stereocenters. The van der Waals surface area contributed by atoms with Crippen LogP contribution >= 0.6 is 35.6 Å². The molecular weight excluding hydrogens is 491 g/mol. The van der Waals surface area contributed by atoms with E-state index in [-0.39, 0.29) is 24.0 Å². The molecule has 160 valence electrons. The van der Waals surface area contributed by atoms with Crippen LogP contribution in [0, 0.1) is 0 Å². The Morgan fingerprint density at radius 3 is 2.64 bits per heavy atom. The van der Waals surface area contributed by atoms with Crippen LogP contribution in [0.2, 0.25) is 5.02 Å². The van der Waals surface area contributed by atoms with E-state index in [0.29, 0.717) is 42.3 Å². The van der Waals surface area contributed by atoms with Crippen LogP contribution in [-0.4, -0.2) is 56.8 Å². The zero-order valence-corrected chi connectivity index (χ0v) is 20.5. The summed E-state index contributed by atoms with van der Waals surface area (Å²) in [6.07, 6.45) is 2.28. The summed E-state index contributed by atoms with van der Waals surface area (Å²) in [5, 5.41) is 7.38. The van der Waals surface area contributed by atoms with Crippen molar-refractivity contribution in [2.75, 3.05) is 39.9 Å². The molecular formula is C20H34ClIN4O2. The van der Waals surface area contributed by atoms with E-state index in [0.717, 1.165) is 37.6 Å². The van der Waals surface area contributed by atoms with Crippen molar-refractivity contribution in [3.8, 4) is 11.5 Å². The Morgan fingerprint density at radius 2 is 1.96 bits per heavy atom.